The van der Waals surface area contributed by atoms with Crippen LogP contribution in [0.5, 0.6) is 0 Å². The summed E-state index contributed by atoms with van der Waals surface area (Å²) in [6.45, 7) is 0. The van der Waals surface area contributed by atoms with Crippen LogP contribution in [0.25, 0.3) is 6.08 Å². The molecule has 0 saturated carbocycles. The molecule has 0 radical (unpaired) electrons. The standard InChI is InChI=1S/C8H8N2O3S/c9-6(11)3-1-2-5-4-14-7(10-5)8(12)13/h1-2,4H,3H2,(H2,9,11)(H,12,13). The number of carboxylic acid groups (broad SMARTS) is 1. The Kier molecular flexibility index (Phi) is 3.35. The summed E-state index contributed by atoms with van der Waals surface area (Å²) in [6, 6.07) is 0. The summed E-state index contributed by atoms with van der Waals surface area (Å²) < 4.78 is 0. The van der Waals surface area contributed by atoms with Crippen LogP contribution >= 0.6 is 11.3 Å². The maximum absolute atomic E-state index is 10.4. The van der Waals surface area contributed by atoms with Gasteiger partial charge in [0, 0.05) is 11.8 Å². The molecule has 14 heavy (non-hydrogen) atoms. The molecule has 3 N–H and O–H groups in total. The molecular formula is C8H8N2O3S. The first-order chi connectivity index (χ1) is 6.59. The van der Waals surface area contributed by atoms with Crippen molar-refractivity contribution in [3.05, 3.63) is 22.2 Å². The van der Waals surface area contributed by atoms with E-state index in [9.17, 15) is 9.59 Å². The first kappa shape index (κ1) is 10.4. The summed E-state index contributed by atoms with van der Waals surface area (Å²) in [7, 11) is 0. The molecule has 0 bridgehead atoms. The highest BCUT2D eigenvalue weighted by Gasteiger charge is 2.06. The van der Waals surface area contributed by atoms with Gasteiger partial charge in [0.25, 0.3) is 0 Å². The van der Waals surface area contributed by atoms with Crippen molar-refractivity contribution in [3.63, 3.8) is 0 Å². The molecule has 1 aromatic heterocycles. The molecule has 0 aromatic carbocycles. The zero-order valence-corrected chi connectivity index (χ0v) is 7.95. The van der Waals surface area contributed by atoms with Gasteiger partial charge in [-0.3, -0.25) is 4.79 Å². The molecule has 0 atom stereocenters. The van der Waals surface area contributed by atoms with Crippen molar-refractivity contribution in [1.82, 2.24) is 4.98 Å². The first-order valence-electron chi connectivity index (χ1n) is 3.73. The van der Waals surface area contributed by atoms with Gasteiger partial charge in [0.1, 0.15) is 0 Å². The predicted octanol–water partition coefficient (Wildman–Crippen LogP) is 0.730. The van der Waals surface area contributed by atoms with Gasteiger partial charge in [0.15, 0.2) is 0 Å². The lowest BCUT2D eigenvalue weighted by Crippen LogP contribution is -2.07. The van der Waals surface area contributed by atoms with Crippen LogP contribution in [0.3, 0.4) is 0 Å². The fourth-order valence-corrected chi connectivity index (χ4v) is 1.38. The third-order valence-corrected chi connectivity index (χ3v) is 2.16. The lowest BCUT2D eigenvalue weighted by atomic mass is 10.3. The maximum Gasteiger partial charge on any atom is 0.365 e. The van der Waals surface area contributed by atoms with E-state index in [0.29, 0.717) is 5.69 Å². The van der Waals surface area contributed by atoms with Gasteiger partial charge in [-0.05, 0) is 6.08 Å². The Labute approximate surface area is 83.9 Å². The number of hydrogen-bond acceptors (Lipinski definition) is 4. The van der Waals surface area contributed by atoms with Gasteiger partial charge in [0.2, 0.25) is 10.9 Å². The highest BCUT2D eigenvalue weighted by molar-refractivity contribution is 7.11. The molecule has 0 saturated heterocycles. The summed E-state index contributed by atoms with van der Waals surface area (Å²) in [5.41, 5.74) is 5.43. The normalized spacial score (nSPS) is 10.6. The van der Waals surface area contributed by atoms with E-state index < -0.39 is 11.9 Å². The van der Waals surface area contributed by atoms with E-state index in [2.05, 4.69) is 4.98 Å². The molecule has 1 aromatic rings. The molecule has 1 rings (SSSR count). The van der Waals surface area contributed by atoms with E-state index in [0.717, 1.165) is 11.3 Å². The number of primary amides is 1. The number of thiazole rings is 1. The number of hydrogen-bond donors (Lipinski definition) is 2. The highest BCUT2D eigenvalue weighted by atomic mass is 32.1. The summed E-state index contributed by atoms with van der Waals surface area (Å²) in [6.07, 6.45) is 3.23. The van der Waals surface area contributed by atoms with Crippen LogP contribution in [-0.4, -0.2) is 22.0 Å². The molecule has 74 valence electrons. The summed E-state index contributed by atoms with van der Waals surface area (Å²) >= 11 is 1.04. The van der Waals surface area contributed by atoms with Crippen LogP contribution in [-0.2, 0) is 4.79 Å². The molecule has 5 nitrogen and oxygen atoms in total. The number of carbonyl (C=O) groups excluding carboxylic acids is 1. The van der Waals surface area contributed by atoms with Crippen LogP contribution in [0.15, 0.2) is 11.5 Å². The Morgan fingerprint density at radius 2 is 2.36 bits per heavy atom. The number of nitrogens with two attached hydrogens (primary N) is 1. The molecule has 0 spiro atoms. The average Bonchev–Trinajstić information content (AvgIpc) is 2.52. The van der Waals surface area contributed by atoms with Gasteiger partial charge in [-0.1, -0.05) is 6.08 Å². The molecule has 0 aliphatic rings. The minimum atomic E-state index is -1.05. The molecule has 1 amide bonds. The smallest absolute Gasteiger partial charge is 0.365 e. The summed E-state index contributed by atoms with van der Waals surface area (Å²) in [5.74, 6) is -1.49. The van der Waals surface area contributed by atoms with Crippen molar-refractivity contribution in [2.75, 3.05) is 0 Å². The minimum absolute atomic E-state index is 0.0312. The fourth-order valence-electron chi connectivity index (χ4n) is 0.757. The van der Waals surface area contributed by atoms with Crippen molar-refractivity contribution in [2.24, 2.45) is 5.73 Å². The van der Waals surface area contributed by atoms with Gasteiger partial charge < -0.3 is 10.8 Å². The molecule has 0 unspecified atom stereocenters. The van der Waals surface area contributed by atoms with Crippen LogP contribution in [0, 0.1) is 0 Å². The van der Waals surface area contributed by atoms with E-state index in [4.69, 9.17) is 10.8 Å². The highest BCUT2D eigenvalue weighted by Crippen LogP contribution is 2.10. The Bertz CT molecular complexity index is 384. The molecule has 1 heterocycles. The number of rotatable bonds is 4. The van der Waals surface area contributed by atoms with E-state index in [-0.39, 0.29) is 11.4 Å². The molecular weight excluding hydrogens is 204 g/mol. The van der Waals surface area contributed by atoms with Crippen LogP contribution in [0.1, 0.15) is 21.9 Å². The minimum Gasteiger partial charge on any atom is -0.476 e. The van der Waals surface area contributed by atoms with E-state index in [1.165, 1.54) is 0 Å². The van der Waals surface area contributed by atoms with Crippen molar-refractivity contribution in [1.29, 1.82) is 0 Å². The van der Waals surface area contributed by atoms with Crippen LogP contribution < -0.4 is 5.73 Å². The summed E-state index contributed by atoms with van der Waals surface area (Å²) in [5, 5.41) is 10.2. The first-order valence-corrected chi connectivity index (χ1v) is 4.61. The van der Waals surface area contributed by atoms with Crippen LogP contribution in [0.2, 0.25) is 0 Å². The van der Waals surface area contributed by atoms with Crippen LogP contribution in [0.4, 0.5) is 0 Å². The monoisotopic (exact) mass is 212 g/mol. The molecule has 0 fully saturated rings. The fraction of sp³-hybridized carbons (Fsp3) is 0.125. The van der Waals surface area contributed by atoms with E-state index in [1.54, 1.807) is 17.5 Å². The van der Waals surface area contributed by atoms with Gasteiger partial charge in [-0.2, -0.15) is 0 Å². The number of aromatic nitrogens is 1. The predicted molar refractivity (Wildman–Crippen MR) is 51.9 cm³/mol. The largest absolute Gasteiger partial charge is 0.476 e. The van der Waals surface area contributed by atoms with Crippen molar-refractivity contribution in [3.8, 4) is 0 Å². The van der Waals surface area contributed by atoms with Gasteiger partial charge in [-0.25, -0.2) is 9.78 Å². The molecule has 0 aliphatic heterocycles. The lowest BCUT2D eigenvalue weighted by Gasteiger charge is -1.84. The second-order valence-electron chi connectivity index (χ2n) is 2.46. The Morgan fingerprint density at radius 3 is 2.86 bits per heavy atom. The topological polar surface area (TPSA) is 93.3 Å². The van der Waals surface area contributed by atoms with Crippen molar-refractivity contribution < 1.29 is 14.7 Å². The zero-order valence-electron chi connectivity index (χ0n) is 7.14. The average molecular weight is 212 g/mol. The molecule has 6 heteroatoms. The number of carboxylic acids is 1. The van der Waals surface area contributed by atoms with Gasteiger partial charge in [0.05, 0.1) is 5.69 Å². The Hall–Kier alpha value is -1.69. The van der Waals surface area contributed by atoms with Gasteiger partial charge in [-0.15, -0.1) is 11.3 Å². The number of nitrogens with zero attached hydrogens (tertiary/aromatic N) is 1. The molecule has 0 aliphatic carbocycles. The maximum atomic E-state index is 10.4. The quantitative estimate of drug-likeness (QED) is 0.769. The second-order valence-corrected chi connectivity index (χ2v) is 3.31. The number of carbonyl (C=O) groups is 2. The van der Waals surface area contributed by atoms with Gasteiger partial charge >= 0.3 is 5.97 Å². The Morgan fingerprint density at radius 1 is 1.64 bits per heavy atom. The summed E-state index contributed by atoms with van der Waals surface area (Å²) in [4.78, 5) is 24.6. The number of aromatic carboxylic acids is 1. The zero-order chi connectivity index (χ0) is 10.6. The van der Waals surface area contributed by atoms with Crippen molar-refractivity contribution >= 4 is 29.3 Å². The lowest BCUT2D eigenvalue weighted by molar-refractivity contribution is -0.117. The number of amides is 1. The van der Waals surface area contributed by atoms with E-state index in [1.807, 2.05) is 0 Å². The second kappa shape index (κ2) is 4.52. The van der Waals surface area contributed by atoms with E-state index >= 15 is 0 Å². The Balaban J connectivity index is 2.64. The third-order valence-electron chi connectivity index (χ3n) is 1.31. The SMILES string of the molecule is NC(=O)CC=Cc1csc(C(=O)O)n1. The third kappa shape index (κ3) is 2.98. The van der Waals surface area contributed by atoms with Crippen molar-refractivity contribution in [2.45, 2.75) is 6.42 Å².